The van der Waals surface area contributed by atoms with Gasteiger partial charge in [-0.2, -0.15) is 0 Å². The van der Waals surface area contributed by atoms with Crippen molar-refractivity contribution >= 4 is 17.4 Å². The fraction of sp³-hybridized carbons (Fsp3) is 0.533. The molecule has 0 fully saturated rings. The van der Waals surface area contributed by atoms with Crippen molar-refractivity contribution in [3.8, 4) is 0 Å². The van der Waals surface area contributed by atoms with Gasteiger partial charge >= 0.3 is 0 Å². The van der Waals surface area contributed by atoms with Crippen LogP contribution >= 0.6 is 11.6 Å². The van der Waals surface area contributed by atoms with Crippen LogP contribution in [0.4, 0.5) is 0 Å². The molecule has 0 aliphatic carbocycles. The van der Waals surface area contributed by atoms with Crippen molar-refractivity contribution in [2.45, 2.75) is 33.7 Å². The van der Waals surface area contributed by atoms with Gasteiger partial charge in [-0.3, -0.25) is 10.3 Å². The summed E-state index contributed by atoms with van der Waals surface area (Å²) in [5.41, 5.74) is 7.75. The van der Waals surface area contributed by atoms with Gasteiger partial charge in [-0.05, 0) is 30.0 Å². The molecule has 1 aromatic carbocycles. The first kappa shape index (κ1) is 16.0. The molecule has 4 heteroatoms. The summed E-state index contributed by atoms with van der Waals surface area (Å²) in [4.78, 5) is 2.31. The SMILES string of the molecule is Cc1ccc(CN(CCC(=N)N)CC(C)C)c(Cl)c1. The third-order valence-electron chi connectivity index (χ3n) is 2.92. The lowest BCUT2D eigenvalue weighted by Gasteiger charge is -2.24. The summed E-state index contributed by atoms with van der Waals surface area (Å²) >= 11 is 6.28. The standard InChI is InChI=1S/C15H24ClN3/c1-11(2)9-19(7-6-15(17)18)10-13-5-4-12(3)8-14(13)16/h4-5,8,11H,6-7,9-10H2,1-3H3,(H3,17,18). The Labute approximate surface area is 121 Å². The maximum absolute atomic E-state index is 7.35. The van der Waals surface area contributed by atoms with Crippen LogP contribution in [0.3, 0.4) is 0 Å². The van der Waals surface area contributed by atoms with E-state index in [0.29, 0.717) is 12.3 Å². The minimum absolute atomic E-state index is 0.240. The molecule has 0 aromatic heterocycles. The molecular formula is C15H24ClN3. The van der Waals surface area contributed by atoms with Crippen LogP contribution in [0, 0.1) is 18.3 Å². The molecule has 0 saturated heterocycles. The summed E-state index contributed by atoms with van der Waals surface area (Å²) in [6.45, 7) is 9.02. The normalized spacial score (nSPS) is 11.3. The third-order valence-corrected chi connectivity index (χ3v) is 3.28. The van der Waals surface area contributed by atoms with E-state index in [9.17, 15) is 0 Å². The van der Waals surface area contributed by atoms with Crippen LogP contribution in [0.2, 0.25) is 5.02 Å². The molecule has 0 unspecified atom stereocenters. The molecule has 19 heavy (non-hydrogen) atoms. The Kier molecular flexibility index (Phi) is 6.32. The first-order valence-corrected chi connectivity index (χ1v) is 7.06. The average molecular weight is 282 g/mol. The first-order chi connectivity index (χ1) is 8.88. The number of hydrogen-bond donors (Lipinski definition) is 2. The molecule has 0 saturated carbocycles. The predicted molar refractivity (Wildman–Crippen MR) is 82.8 cm³/mol. The van der Waals surface area contributed by atoms with E-state index in [4.69, 9.17) is 22.7 Å². The number of rotatable bonds is 7. The third kappa shape index (κ3) is 6.08. The molecule has 3 N–H and O–H groups in total. The molecule has 0 spiro atoms. The Balaban J connectivity index is 2.72. The van der Waals surface area contributed by atoms with Crippen LogP contribution in [0.5, 0.6) is 0 Å². The van der Waals surface area contributed by atoms with Crippen LogP contribution < -0.4 is 5.73 Å². The van der Waals surface area contributed by atoms with E-state index in [2.05, 4.69) is 30.9 Å². The van der Waals surface area contributed by atoms with Gasteiger partial charge in [0.05, 0.1) is 5.84 Å². The van der Waals surface area contributed by atoms with E-state index < -0.39 is 0 Å². The van der Waals surface area contributed by atoms with E-state index >= 15 is 0 Å². The maximum atomic E-state index is 7.35. The first-order valence-electron chi connectivity index (χ1n) is 6.68. The predicted octanol–water partition coefficient (Wildman–Crippen LogP) is 3.43. The van der Waals surface area contributed by atoms with Gasteiger partial charge in [0.2, 0.25) is 0 Å². The quantitative estimate of drug-likeness (QED) is 0.594. The lowest BCUT2D eigenvalue weighted by Crippen LogP contribution is -2.31. The second-order valence-electron chi connectivity index (χ2n) is 5.50. The lowest BCUT2D eigenvalue weighted by molar-refractivity contribution is 0.242. The summed E-state index contributed by atoms with van der Waals surface area (Å²) in [6, 6.07) is 6.16. The van der Waals surface area contributed by atoms with Crippen molar-refractivity contribution in [1.29, 1.82) is 5.41 Å². The van der Waals surface area contributed by atoms with Crippen molar-refractivity contribution in [1.82, 2.24) is 4.90 Å². The molecule has 1 aromatic rings. The van der Waals surface area contributed by atoms with Gasteiger partial charge in [-0.25, -0.2) is 0 Å². The fourth-order valence-electron chi connectivity index (χ4n) is 2.05. The van der Waals surface area contributed by atoms with Crippen molar-refractivity contribution in [2.75, 3.05) is 13.1 Å². The minimum atomic E-state index is 0.240. The van der Waals surface area contributed by atoms with Crippen LogP contribution in [-0.4, -0.2) is 23.8 Å². The van der Waals surface area contributed by atoms with Gasteiger partial charge in [0.25, 0.3) is 0 Å². The zero-order valence-corrected chi connectivity index (χ0v) is 12.8. The van der Waals surface area contributed by atoms with Crippen molar-refractivity contribution in [2.24, 2.45) is 11.7 Å². The topological polar surface area (TPSA) is 53.1 Å². The van der Waals surface area contributed by atoms with E-state index in [0.717, 1.165) is 30.2 Å². The number of amidine groups is 1. The molecule has 3 nitrogen and oxygen atoms in total. The number of halogens is 1. The number of hydrogen-bond acceptors (Lipinski definition) is 2. The zero-order chi connectivity index (χ0) is 14.4. The number of nitrogens with zero attached hydrogens (tertiary/aromatic N) is 1. The molecule has 0 atom stereocenters. The fourth-order valence-corrected chi connectivity index (χ4v) is 2.35. The Bertz CT molecular complexity index is 429. The molecule has 0 amide bonds. The van der Waals surface area contributed by atoms with E-state index in [1.807, 2.05) is 13.0 Å². The summed E-state index contributed by atoms with van der Waals surface area (Å²) in [5.74, 6) is 0.819. The van der Waals surface area contributed by atoms with Crippen LogP contribution in [0.25, 0.3) is 0 Å². The highest BCUT2D eigenvalue weighted by atomic mass is 35.5. The Morgan fingerprint density at radius 2 is 2.11 bits per heavy atom. The van der Waals surface area contributed by atoms with Gasteiger partial charge in [0.15, 0.2) is 0 Å². The molecular weight excluding hydrogens is 258 g/mol. The highest BCUT2D eigenvalue weighted by molar-refractivity contribution is 6.31. The molecule has 0 aliphatic rings. The number of benzene rings is 1. The maximum Gasteiger partial charge on any atom is 0.0918 e. The van der Waals surface area contributed by atoms with E-state index in [1.54, 1.807) is 0 Å². The molecule has 0 radical (unpaired) electrons. The van der Waals surface area contributed by atoms with E-state index in [1.165, 1.54) is 5.56 Å². The van der Waals surface area contributed by atoms with Crippen molar-refractivity contribution < 1.29 is 0 Å². The zero-order valence-electron chi connectivity index (χ0n) is 12.0. The van der Waals surface area contributed by atoms with Gasteiger partial charge < -0.3 is 5.73 Å². The minimum Gasteiger partial charge on any atom is -0.388 e. The Morgan fingerprint density at radius 1 is 1.42 bits per heavy atom. The monoisotopic (exact) mass is 281 g/mol. The van der Waals surface area contributed by atoms with Crippen LogP contribution in [0.15, 0.2) is 18.2 Å². The molecule has 106 valence electrons. The largest absolute Gasteiger partial charge is 0.388 e. The molecule has 0 bridgehead atoms. The highest BCUT2D eigenvalue weighted by Crippen LogP contribution is 2.20. The summed E-state index contributed by atoms with van der Waals surface area (Å²) < 4.78 is 0. The van der Waals surface area contributed by atoms with Gasteiger partial charge in [-0.1, -0.05) is 37.6 Å². The molecule has 0 aliphatic heterocycles. The second kappa shape index (κ2) is 7.51. The van der Waals surface area contributed by atoms with Crippen molar-refractivity contribution in [3.05, 3.63) is 34.3 Å². The number of nitrogens with two attached hydrogens (primary N) is 1. The summed E-state index contributed by atoms with van der Waals surface area (Å²) in [5, 5.41) is 8.16. The Hall–Kier alpha value is -1.06. The van der Waals surface area contributed by atoms with Crippen LogP contribution in [0.1, 0.15) is 31.4 Å². The lowest BCUT2D eigenvalue weighted by atomic mass is 10.1. The summed E-state index contributed by atoms with van der Waals surface area (Å²) in [7, 11) is 0. The number of nitrogens with one attached hydrogen (secondary N) is 1. The highest BCUT2D eigenvalue weighted by Gasteiger charge is 2.11. The van der Waals surface area contributed by atoms with Gasteiger partial charge in [0.1, 0.15) is 0 Å². The Morgan fingerprint density at radius 3 is 2.63 bits per heavy atom. The van der Waals surface area contributed by atoms with Gasteiger partial charge in [0, 0.05) is 31.1 Å². The second-order valence-corrected chi connectivity index (χ2v) is 5.91. The van der Waals surface area contributed by atoms with Gasteiger partial charge in [-0.15, -0.1) is 0 Å². The number of aryl methyl sites for hydroxylation is 1. The molecule has 0 heterocycles. The molecule has 1 rings (SSSR count). The van der Waals surface area contributed by atoms with E-state index in [-0.39, 0.29) is 5.84 Å². The smallest absolute Gasteiger partial charge is 0.0918 e. The van der Waals surface area contributed by atoms with Crippen LogP contribution in [-0.2, 0) is 6.54 Å². The van der Waals surface area contributed by atoms with Crippen molar-refractivity contribution in [3.63, 3.8) is 0 Å². The summed E-state index contributed by atoms with van der Waals surface area (Å²) in [6.07, 6.45) is 0.607. The average Bonchev–Trinajstić information content (AvgIpc) is 2.28.